The summed E-state index contributed by atoms with van der Waals surface area (Å²) in [6, 6.07) is 18.9. The van der Waals surface area contributed by atoms with Crippen molar-refractivity contribution >= 4 is 11.7 Å². The largest absolute Gasteiger partial charge is 0.290 e. The molecule has 3 heterocycles. The SMILES string of the molecule is O=C1c2cc(Cc3ccc(-n4cccn4)cc3)ccc2CCN1c1ncccc1F. The van der Waals surface area contributed by atoms with Gasteiger partial charge in [0.05, 0.1) is 5.69 Å². The topological polar surface area (TPSA) is 51.0 Å². The van der Waals surface area contributed by atoms with Crippen LogP contribution in [0.2, 0.25) is 0 Å². The van der Waals surface area contributed by atoms with Crippen LogP contribution < -0.4 is 4.90 Å². The zero-order chi connectivity index (χ0) is 20.5. The highest BCUT2D eigenvalue weighted by molar-refractivity contribution is 6.07. The van der Waals surface area contributed by atoms with Gasteiger partial charge < -0.3 is 0 Å². The van der Waals surface area contributed by atoms with Crippen LogP contribution in [-0.2, 0) is 12.8 Å². The number of hydrogen-bond donors (Lipinski definition) is 0. The van der Waals surface area contributed by atoms with E-state index >= 15 is 0 Å². The molecule has 30 heavy (non-hydrogen) atoms. The van der Waals surface area contributed by atoms with Crippen molar-refractivity contribution in [3.8, 4) is 5.69 Å². The standard InChI is InChI=1S/C24H19FN4O/c25-22-3-1-11-26-23(22)28-14-10-19-7-4-18(16-21(19)24(28)30)15-17-5-8-20(9-6-17)29-13-2-12-27-29/h1-9,11-13,16H,10,14-15H2. The fourth-order valence-corrected chi connectivity index (χ4v) is 3.83. The van der Waals surface area contributed by atoms with Crippen molar-refractivity contribution in [1.29, 1.82) is 0 Å². The lowest BCUT2D eigenvalue weighted by Crippen LogP contribution is -2.38. The Morgan fingerprint density at radius 2 is 1.80 bits per heavy atom. The van der Waals surface area contributed by atoms with E-state index in [1.165, 1.54) is 23.2 Å². The number of pyridine rings is 1. The summed E-state index contributed by atoms with van der Waals surface area (Å²) >= 11 is 0. The number of rotatable bonds is 4. The lowest BCUT2D eigenvalue weighted by Gasteiger charge is -2.28. The Kier molecular flexibility index (Phi) is 4.59. The van der Waals surface area contributed by atoms with Gasteiger partial charge in [0.1, 0.15) is 0 Å². The van der Waals surface area contributed by atoms with Crippen LogP contribution in [0.15, 0.2) is 79.3 Å². The predicted molar refractivity (Wildman–Crippen MR) is 112 cm³/mol. The van der Waals surface area contributed by atoms with Crippen molar-refractivity contribution in [2.24, 2.45) is 0 Å². The third-order valence-electron chi connectivity index (χ3n) is 5.36. The van der Waals surface area contributed by atoms with Crippen LogP contribution in [0, 0.1) is 5.82 Å². The van der Waals surface area contributed by atoms with Crippen molar-refractivity contribution in [2.45, 2.75) is 12.8 Å². The van der Waals surface area contributed by atoms with Gasteiger partial charge in [0.2, 0.25) is 0 Å². The molecule has 0 bridgehead atoms. The van der Waals surface area contributed by atoms with Gasteiger partial charge in [0, 0.05) is 30.7 Å². The molecule has 0 saturated heterocycles. The predicted octanol–water partition coefficient (Wildman–Crippen LogP) is 4.20. The molecule has 5 nitrogen and oxygen atoms in total. The molecular formula is C24H19FN4O. The maximum atomic E-state index is 14.2. The maximum Gasteiger partial charge on any atom is 0.259 e. The molecule has 0 atom stereocenters. The lowest BCUT2D eigenvalue weighted by molar-refractivity contribution is 0.0978. The van der Waals surface area contributed by atoms with Gasteiger partial charge in [-0.3, -0.25) is 9.69 Å². The average Bonchev–Trinajstić information content (AvgIpc) is 3.31. The van der Waals surface area contributed by atoms with E-state index in [0.717, 1.165) is 22.4 Å². The minimum Gasteiger partial charge on any atom is -0.290 e. The molecule has 1 amide bonds. The van der Waals surface area contributed by atoms with E-state index in [2.05, 4.69) is 28.3 Å². The number of benzene rings is 2. The highest BCUT2D eigenvalue weighted by Gasteiger charge is 2.28. The van der Waals surface area contributed by atoms with Gasteiger partial charge in [-0.2, -0.15) is 5.10 Å². The van der Waals surface area contributed by atoms with Gasteiger partial charge in [-0.1, -0.05) is 24.3 Å². The number of hydrogen-bond acceptors (Lipinski definition) is 3. The molecule has 0 spiro atoms. The Hall–Kier alpha value is -3.80. The van der Waals surface area contributed by atoms with E-state index in [4.69, 9.17) is 0 Å². The number of halogens is 1. The van der Waals surface area contributed by atoms with Crippen LogP contribution in [0.5, 0.6) is 0 Å². The minimum atomic E-state index is -0.484. The minimum absolute atomic E-state index is 0.0905. The van der Waals surface area contributed by atoms with E-state index in [1.54, 1.807) is 6.20 Å². The molecule has 1 aliphatic heterocycles. The molecule has 1 aliphatic rings. The number of carbonyl (C=O) groups is 1. The summed E-state index contributed by atoms with van der Waals surface area (Å²) in [6.45, 7) is 0.425. The fourth-order valence-electron chi connectivity index (χ4n) is 3.83. The van der Waals surface area contributed by atoms with E-state index in [9.17, 15) is 9.18 Å². The van der Waals surface area contributed by atoms with Crippen LogP contribution >= 0.6 is 0 Å². The molecule has 148 valence electrons. The molecule has 6 heteroatoms. The summed E-state index contributed by atoms with van der Waals surface area (Å²) in [4.78, 5) is 18.6. The molecule has 0 aliphatic carbocycles. The molecule has 0 fully saturated rings. The number of anilines is 1. The smallest absolute Gasteiger partial charge is 0.259 e. The van der Waals surface area contributed by atoms with Crippen LogP contribution in [0.4, 0.5) is 10.2 Å². The second kappa shape index (κ2) is 7.55. The third-order valence-corrected chi connectivity index (χ3v) is 5.36. The van der Waals surface area contributed by atoms with E-state index < -0.39 is 5.82 Å². The lowest BCUT2D eigenvalue weighted by atomic mass is 9.94. The summed E-state index contributed by atoms with van der Waals surface area (Å²) in [5, 5.41) is 4.24. The third kappa shape index (κ3) is 3.37. The summed E-state index contributed by atoms with van der Waals surface area (Å²) in [7, 11) is 0. The van der Waals surface area contributed by atoms with Crippen molar-refractivity contribution < 1.29 is 9.18 Å². The van der Waals surface area contributed by atoms with Gasteiger partial charge in [-0.05, 0) is 65.9 Å². The highest BCUT2D eigenvalue weighted by Crippen LogP contribution is 2.26. The van der Waals surface area contributed by atoms with Gasteiger partial charge in [0.15, 0.2) is 11.6 Å². The number of nitrogens with zero attached hydrogens (tertiary/aromatic N) is 4. The molecule has 2 aromatic carbocycles. The van der Waals surface area contributed by atoms with E-state index in [1.807, 2.05) is 41.2 Å². The zero-order valence-electron chi connectivity index (χ0n) is 16.2. The molecule has 0 N–H and O–H groups in total. The molecule has 0 radical (unpaired) electrons. The summed E-state index contributed by atoms with van der Waals surface area (Å²) in [6.07, 6.45) is 6.54. The molecular weight excluding hydrogens is 379 g/mol. The van der Waals surface area contributed by atoms with Gasteiger partial charge in [-0.25, -0.2) is 14.1 Å². The number of aromatic nitrogens is 3. The first-order chi connectivity index (χ1) is 14.7. The van der Waals surface area contributed by atoms with Crippen molar-refractivity contribution in [1.82, 2.24) is 14.8 Å². The maximum absolute atomic E-state index is 14.2. The van der Waals surface area contributed by atoms with Gasteiger partial charge in [0.25, 0.3) is 5.91 Å². The van der Waals surface area contributed by atoms with Crippen molar-refractivity contribution in [2.75, 3.05) is 11.4 Å². The Labute approximate surface area is 173 Å². The first-order valence-corrected chi connectivity index (χ1v) is 9.82. The molecule has 5 rings (SSSR count). The molecule has 0 saturated carbocycles. The van der Waals surface area contributed by atoms with Crippen LogP contribution in [0.3, 0.4) is 0 Å². The zero-order valence-corrected chi connectivity index (χ0v) is 16.2. The monoisotopic (exact) mass is 398 g/mol. The van der Waals surface area contributed by atoms with E-state index in [-0.39, 0.29) is 11.7 Å². The first kappa shape index (κ1) is 18.2. The van der Waals surface area contributed by atoms with Crippen molar-refractivity contribution in [3.63, 3.8) is 0 Å². The average molecular weight is 398 g/mol. The number of fused-ring (bicyclic) bond motifs is 1. The molecule has 0 unspecified atom stereocenters. The Morgan fingerprint density at radius 1 is 0.967 bits per heavy atom. The summed E-state index contributed by atoms with van der Waals surface area (Å²) in [5.74, 6) is -0.597. The Bertz CT molecular complexity index is 1200. The Balaban J connectivity index is 1.39. The molecule has 2 aromatic heterocycles. The second-order valence-corrected chi connectivity index (χ2v) is 7.30. The van der Waals surface area contributed by atoms with Gasteiger partial charge >= 0.3 is 0 Å². The van der Waals surface area contributed by atoms with E-state index in [0.29, 0.717) is 24.9 Å². The Morgan fingerprint density at radius 3 is 2.57 bits per heavy atom. The number of amides is 1. The summed E-state index contributed by atoms with van der Waals surface area (Å²) < 4.78 is 16.0. The summed E-state index contributed by atoms with van der Waals surface area (Å²) in [5.41, 5.74) is 4.79. The normalized spacial score (nSPS) is 13.4. The van der Waals surface area contributed by atoms with Gasteiger partial charge in [-0.15, -0.1) is 0 Å². The quantitative estimate of drug-likeness (QED) is 0.518. The molecule has 4 aromatic rings. The fraction of sp³-hybridized carbons (Fsp3) is 0.125. The van der Waals surface area contributed by atoms with Crippen LogP contribution in [0.1, 0.15) is 27.0 Å². The highest BCUT2D eigenvalue weighted by atomic mass is 19.1. The second-order valence-electron chi connectivity index (χ2n) is 7.30. The van der Waals surface area contributed by atoms with Crippen LogP contribution in [-0.4, -0.2) is 27.2 Å². The van der Waals surface area contributed by atoms with Crippen LogP contribution in [0.25, 0.3) is 5.69 Å². The first-order valence-electron chi connectivity index (χ1n) is 9.82. The van der Waals surface area contributed by atoms with Crippen molar-refractivity contribution in [3.05, 3.63) is 107 Å². The number of carbonyl (C=O) groups excluding carboxylic acids is 1.